The molecule has 2 heterocycles. The van der Waals surface area contributed by atoms with E-state index in [1.807, 2.05) is 29.2 Å². The van der Waals surface area contributed by atoms with Gasteiger partial charge in [0.05, 0.1) is 20.3 Å². The third-order valence-corrected chi connectivity index (χ3v) is 4.83. The van der Waals surface area contributed by atoms with Crippen LogP contribution in [-0.2, 0) is 4.74 Å². The van der Waals surface area contributed by atoms with E-state index >= 15 is 0 Å². The molecule has 1 amide bonds. The summed E-state index contributed by atoms with van der Waals surface area (Å²) in [6.45, 7) is 9.45. The number of piperazine rings is 1. The molecule has 1 aromatic rings. The Balaban J connectivity index is 1.43. The molecule has 0 spiro atoms. The van der Waals surface area contributed by atoms with Gasteiger partial charge < -0.3 is 14.4 Å². The molecule has 0 N–H and O–H groups in total. The van der Waals surface area contributed by atoms with Crippen LogP contribution >= 0.6 is 0 Å². The molecular formula is C18H27N3O3. The summed E-state index contributed by atoms with van der Waals surface area (Å²) in [5.74, 6) is 0.893. The Morgan fingerprint density at radius 2 is 1.54 bits per heavy atom. The van der Waals surface area contributed by atoms with Crippen LogP contribution in [0.25, 0.3) is 0 Å². The highest BCUT2D eigenvalue weighted by Gasteiger charge is 2.22. The number of ether oxygens (including phenoxy) is 2. The molecule has 2 aliphatic rings. The minimum Gasteiger partial charge on any atom is -0.497 e. The van der Waals surface area contributed by atoms with Crippen molar-refractivity contribution in [2.45, 2.75) is 0 Å². The molecule has 0 aromatic heterocycles. The lowest BCUT2D eigenvalue weighted by molar-refractivity contribution is 0.0293. The van der Waals surface area contributed by atoms with Crippen molar-refractivity contribution in [1.29, 1.82) is 0 Å². The fourth-order valence-electron chi connectivity index (χ4n) is 3.20. The van der Waals surface area contributed by atoms with Gasteiger partial charge in [0.1, 0.15) is 5.75 Å². The monoisotopic (exact) mass is 333 g/mol. The summed E-state index contributed by atoms with van der Waals surface area (Å²) in [7, 11) is 1.63. The maximum atomic E-state index is 12.6. The van der Waals surface area contributed by atoms with Gasteiger partial charge in [-0.05, 0) is 24.3 Å². The minimum absolute atomic E-state index is 0.116. The van der Waals surface area contributed by atoms with Gasteiger partial charge in [-0.15, -0.1) is 0 Å². The zero-order valence-electron chi connectivity index (χ0n) is 14.4. The van der Waals surface area contributed by atoms with Crippen molar-refractivity contribution in [1.82, 2.24) is 14.7 Å². The first-order chi connectivity index (χ1) is 11.8. The Morgan fingerprint density at radius 1 is 0.958 bits per heavy atom. The van der Waals surface area contributed by atoms with Gasteiger partial charge in [0.15, 0.2) is 0 Å². The smallest absolute Gasteiger partial charge is 0.253 e. The summed E-state index contributed by atoms with van der Waals surface area (Å²) in [5, 5.41) is 0. The number of rotatable bonds is 5. The molecule has 132 valence electrons. The van der Waals surface area contributed by atoms with Crippen LogP contribution in [0.15, 0.2) is 24.3 Å². The third-order valence-electron chi connectivity index (χ3n) is 4.83. The van der Waals surface area contributed by atoms with Crippen molar-refractivity contribution < 1.29 is 14.3 Å². The lowest BCUT2D eigenvalue weighted by Gasteiger charge is -2.36. The largest absolute Gasteiger partial charge is 0.497 e. The van der Waals surface area contributed by atoms with Crippen LogP contribution in [0.5, 0.6) is 5.75 Å². The van der Waals surface area contributed by atoms with E-state index in [1.165, 1.54) is 0 Å². The number of methoxy groups -OCH3 is 1. The molecule has 24 heavy (non-hydrogen) atoms. The van der Waals surface area contributed by atoms with Crippen LogP contribution in [0.2, 0.25) is 0 Å². The van der Waals surface area contributed by atoms with Gasteiger partial charge >= 0.3 is 0 Å². The van der Waals surface area contributed by atoms with E-state index in [1.54, 1.807) is 7.11 Å². The number of hydrogen-bond donors (Lipinski definition) is 0. The summed E-state index contributed by atoms with van der Waals surface area (Å²) in [5.41, 5.74) is 0.734. The van der Waals surface area contributed by atoms with E-state index in [0.717, 1.165) is 76.9 Å². The van der Waals surface area contributed by atoms with Crippen LogP contribution in [0.3, 0.4) is 0 Å². The summed E-state index contributed by atoms with van der Waals surface area (Å²) in [4.78, 5) is 19.4. The number of amides is 1. The van der Waals surface area contributed by atoms with Gasteiger partial charge in [0.2, 0.25) is 0 Å². The Labute approximate surface area is 143 Å². The lowest BCUT2D eigenvalue weighted by atomic mass is 10.1. The fourth-order valence-corrected chi connectivity index (χ4v) is 3.20. The Kier molecular flexibility index (Phi) is 6.07. The highest BCUT2D eigenvalue weighted by atomic mass is 16.5. The molecule has 3 rings (SSSR count). The summed E-state index contributed by atoms with van der Waals surface area (Å²) in [6.07, 6.45) is 0. The van der Waals surface area contributed by atoms with Gasteiger partial charge in [-0.25, -0.2) is 0 Å². The first kappa shape index (κ1) is 17.2. The van der Waals surface area contributed by atoms with E-state index < -0.39 is 0 Å². The summed E-state index contributed by atoms with van der Waals surface area (Å²) < 4.78 is 10.5. The van der Waals surface area contributed by atoms with E-state index in [9.17, 15) is 4.79 Å². The number of hydrogen-bond acceptors (Lipinski definition) is 5. The Morgan fingerprint density at radius 3 is 2.12 bits per heavy atom. The van der Waals surface area contributed by atoms with Gasteiger partial charge in [0, 0.05) is 57.9 Å². The predicted molar refractivity (Wildman–Crippen MR) is 92.6 cm³/mol. The SMILES string of the molecule is COc1ccc(C(=O)N2CCN(CCN3CCOCC3)CC2)cc1. The zero-order valence-corrected chi connectivity index (χ0v) is 14.4. The molecule has 2 aliphatic heterocycles. The lowest BCUT2D eigenvalue weighted by Crippen LogP contribution is -2.51. The number of benzene rings is 1. The van der Waals surface area contributed by atoms with Crippen molar-refractivity contribution in [3.05, 3.63) is 29.8 Å². The van der Waals surface area contributed by atoms with Crippen molar-refractivity contribution >= 4 is 5.91 Å². The quantitative estimate of drug-likeness (QED) is 0.797. The molecule has 0 aliphatic carbocycles. The topological polar surface area (TPSA) is 45.2 Å². The third kappa shape index (κ3) is 4.47. The second kappa shape index (κ2) is 8.46. The molecule has 2 saturated heterocycles. The van der Waals surface area contributed by atoms with Gasteiger partial charge in [-0.2, -0.15) is 0 Å². The van der Waals surface area contributed by atoms with Crippen molar-refractivity contribution in [2.75, 3.05) is 72.7 Å². The van der Waals surface area contributed by atoms with Crippen molar-refractivity contribution in [3.8, 4) is 5.75 Å². The normalized spacial score (nSPS) is 20.1. The Hall–Kier alpha value is -1.63. The second-order valence-corrected chi connectivity index (χ2v) is 6.32. The van der Waals surface area contributed by atoms with E-state index in [0.29, 0.717) is 0 Å². The molecular weight excluding hydrogens is 306 g/mol. The average molecular weight is 333 g/mol. The van der Waals surface area contributed by atoms with Gasteiger partial charge in [-0.3, -0.25) is 14.6 Å². The van der Waals surface area contributed by atoms with Crippen molar-refractivity contribution in [3.63, 3.8) is 0 Å². The Bertz CT molecular complexity index is 521. The van der Waals surface area contributed by atoms with Gasteiger partial charge in [0.25, 0.3) is 5.91 Å². The molecule has 0 saturated carbocycles. The maximum absolute atomic E-state index is 12.6. The molecule has 2 fully saturated rings. The number of carbonyl (C=O) groups is 1. The summed E-state index contributed by atoms with van der Waals surface area (Å²) in [6, 6.07) is 7.36. The van der Waals surface area contributed by atoms with Crippen LogP contribution in [0.1, 0.15) is 10.4 Å². The number of nitrogens with zero attached hydrogens (tertiary/aromatic N) is 3. The van der Waals surface area contributed by atoms with Crippen LogP contribution < -0.4 is 4.74 Å². The van der Waals surface area contributed by atoms with E-state index in [2.05, 4.69) is 9.80 Å². The maximum Gasteiger partial charge on any atom is 0.253 e. The number of morpholine rings is 1. The van der Waals surface area contributed by atoms with Crippen LogP contribution in [0.4, 0.5) is 0 Å². The fraction of sp³-hybridized carbons (Fsp3) is 0.611. The van der Waals surface area contributed by atoms with Crippen LogP contribution in [0, 0.1) is 0 Å². The number of carbonyl (C=O) groups excluding carboxylic acids is 1. The minimum atomic E-state index is 0.116. The zero-order chi connectivity index (χ0) is 16.8. The van der Waals surface area contributed by atoms with Crippen molar-refractivity contribution in [2.24, 2.45) is 0 Å². The molecule has 6 nitrogen and oxygen atoms in total. The molecule has 1 aromatic carbocycles. The first-order valence-electron chi connectivity index (χ1n) is 8.72. The molecule has 0 unspecified atom stereocenters. The van der Waals surface area contributed by atoms with Gasteiger partial charge in [-0.1, -0.05) is 0 Å². The average Bonchev–Trinajstić information content (AvgIpc) is 2.67. The molecule has 6 heteroatoms. The molecule has 0 bridgehead atoms. The van der Waals surface area contributed by atoms with Crippen LogP contribution in [-0.4, -0.2) is 93.3 Å². The highest BCUT2D eigenvalue weighted by molar-refractivity contribution is 5.94. The highest BCUT2D eigenvalue weighted by Crippen LogP contribution is 2.14. The standard InChI is InChI=1S/C18H27N3O3/c1-23-17-4-2-16(3-5-17)18(22)21-10-8-19(9-11-21)6-7-20-12-14-24-15-13-20/h2-5H,6-15H2,1H3. The van der Waals surface area contributed by atoms with E-state index in [-0.39, 0.29) is 5.91 Å². The molecule has 0 atom stereocenters. The summed E-state index contributed by atoms with van der Waals surface area (Å²) >= 11 is 0. The van der Waals surface area contributed by atoms with E-state index in [4.69, 9.17) is 9.47 Å². The predicted octanol–water partition coefficient (Wildman–Crippen LogP) is 0.785. The molecule has 0 radical (unpaired) electrons. The first-order valence-corrected chi connectivity index (χ1v) is 8.72. The second-order valence-electron chi connectivity index (χ2n) is 6.32.